The molecule has 1 saturated heterocycles. The summed E-state index contributed by atoms with van der Waals surface area (Å²) < 4.78 is 20.0. The molecule has 3 aromatic rings. The Hall–Kier alpha value is -2.96. The zero-order chi connectivity index (χ0) is 19.2. The number of carbonyl (C=O) groups is 1. The van der Waals surface area contributed by atoms with Crippen LogP contribution in [0.1, 0.15) is 35.1 Å². The van der Waals surface area contributed by atoms with Crippen molar-refractivity contribution in [1.29, 1.82) is 0 Å². The quantitative estimate of drug-likeness (QED) is 0.665. The van der Waals surface area contributed by atoms with Crippen molar-refractivity contribution in [3.05, 3.63) is 59.3 Å². The van der Waals surface area contributed by atoms with Crippen molar-refractivity contribution in [2.45, 2.75) is 25.7 Å². The van der Waals surface area contributed by atoms with Crippen LogP contribution in [0.4, 0.5) is 10.1 Å². The second-order valence-electron chi connectivity index (χ2n) is 7.32. The van der Waals surface area contributed by atoms with Crippen LogP contribution in [0.3, 0.4) is 0 Å². The second-order valence-corrected chi connectivity index (χ2v) is 7.32. The summed E-state index contributed by atoms with van der Waals surface area (Å²) >= 11 is 0. The van der Waals surface area contributed by atoms with E-state index in [1.807, 2.05) is 25.3 Å². The molecule has 0 radical (unpaired) electrons. The fraction of sp³-hybridized carbons (Fsp3) is 0.350. The topological polar surface area (TPSA) is 59.7 Å². The summed E-state index contributed by atoms with van der Waals surface area (Å²) in [4.78, 5) is 18.2. The highest BCUT2D eigenvalue weighted by Crippen LogP contribution is 2.37. The molecular weight excluding hydrogens is 347 g/mol. The number of methoxy groups -OCH3 is 1. The number of hydrogen-bond acceptors (Lipinski definition) is 5. The molecule has 0 saturated carbocycles. The number of anilines is 1. The summed E-state index contributed by atoms with van der Waals surface area (Å²) in [5.74, 6) is -0.717. The third-order valence-corrected chi connectivity index (χ3v) is 5.33. The second kappa shape index (κ2) is 6.33. The number of carbonyl (C=O) groups excluding carboxylic acids is 1. The Morgan fingerprint density at radius 1 is 1.33 bits per heavy atom. The van der Waals surface area contributed by atoms with Crippen molar-refractivity contribution in [3.63, 3.8) is 0 Å². The van der Waals surface area contributed by atoms with Crippen molar-refractivity contribution < 1.29 is 13.9 Å². The molecule has 3 heterocycles. The first-order valence-corrected chi connectivity index (χ1v) is 8.86. The Labute approximate surface area is 156 Å². The molecule has 0 unspecified atom stereocenters. The fourth-order valence-corrected chi connectivity index (χ4v) is 3.76. The lowest BCUT2D eigenvalue weighted by atomic mass is 9.82. The van der Waals surface area contributed by atoms with Crippen LogP contribution in [-0.2, 0) is 10.2 Å². The van der Waals surface area contributed by atoms with Crippen LogP contribution in [0.25, 0.3) is 5.65 Å². The predicted molar refractivity (Wildman–Crippen MR) is 99.6 cm³/mol. The number of benzene rings is 1. The van der Waals surface area contributed by atoms with E-state index in [0.29, 0.717) is 5.65 Å². The van der Waals surface area contributed by atoms with Gasteiger partial charge in [0.2, 0.25) is 0 Å². The number of esters is 1. The Morgan fingerprint density at radius 2 is 2.15 bits per heavy atom. The number of rotatable bonds is 3. The van der Waals surface area contributed by atoms with Crippen molar-refractivity contribution >= 4 is 17.3 Å². The molecule has 1 fully saturated rings. The van der Waals surface area contributed by atoms with Crippen molar-refractivity contribution in [2.24, 2.45) is 0 Å². The average Bonchev–Trinajstić information content (AvgIpc) is 3.26. The van der Waals surface area contributed by atoms with Crippen LogP contribution in [-0.4, -0.2) is 40.8 Å². The number of fused-ring (bicyclic) bond motifs is 1. The molecule has 1 aromatic carbocycles. The van der Waals surface area contributed by atoms with E-state index in [9.17, 15) is 9.18 Å². The van der Waals surface area contributed by atoms with Crippen molar-refractivity contribution in [3.8, 4) is 0 Å². The highest BCUT2D eigenvalue weighted by molar-refractivity contribution is 5.85. The number of pyridine rings is 1. The maximum Gasteiger partial charge on any atom is 0.377 e. The lowest BCUT2D eigenvalue weighted by molar-refractivity contribution is 0.0587. The third kappa shape index (κ3) is 3.03. The molecular formula is C20H21FN4O2. The minimum Gasteiger partial charge on any atom is -0.463 e. The first kappa shape index (κ1) is 17.5. The summed E-state index contributed by atoms with van der Waals surface area (Å²) in [6.45, 7) is 5.74. The van der Waals surface area contributed by atoms with Gasteiger partial charge in [-0.15, -0.1) is 5.10 Å². The third-order valence-electron chi connectivity index (χ3n) is 5.33. The maximum atomic E-state index is 13.7. The molecule has 0 bridgehead atoms. The summed E-state index contributed by atoms with van der Waals surface area (Å²) in [7, 11) is 1.31. The Balaban J connectivity index is 1.66. The Morgan fingerprint density at radius 3 is 2.89 bits per heavy atom. The largest absolute Gasteiger partial charge is 0.463 e. The van der Waals surface area contributed by atoms with Crippen LogP contribution in [0, 0.1) is 12.7 Å². The van der Waals surface area contributed by atoms with Crippen LogP contribution >= 0.6 is 0 Å². The molecule has 1 aliphatic heterocycles. The molecule has 7 heteroatoms. The van der Waals surface area contributed by atoms with E-state index in [1.165, 1.54) is 13.2 Å². The van der Waals surface area contributed by atoms with E-state index in [4.69, 9.17) is 4.74 Å². The minimum atomic E-state index is -0.556. The van der Waals surface area contributed by atoms with Gasteiger partial charge in [0.1, 0.15) is 5.82 Å². The number of aryl methyl sites for hydroxylation is 1. The molecule has 4 rings (SSSR count). The standard InChI is InChI=1S/C20H21FN4O2/c1-13-9-16(11-25-18(13)22-17(23-25)19(26)27-3)24-8-7-20(2,12-24)14-5-4-6-15(21)10-14/h4-6,9-11H,7-8,12H2,1-3H3/t20-/m0/s1. The SMILES string of the molecule is COC(=O)c1nc2c(C)cc(N3CC[C@](C)(c4cccc(F)c4)C3)cn2n1. The molecule has 1 atom stereocenters. The number of hydrogen-bond donors (Lipinski definition) is 0. The monoisotopic (exact) mass is 368 g/mol. The van der Waals surface area contributed by atoms with Gasteiger partial charge in [0.25, 0.3) is 5.82 Å². The summed E-state index contributed by atoms with van der Waals surface area (Å²) in [5, 5.41) is 4.24. The van der Waals surface area contributed by atoms with E-state index >= 15 is 0 Å². The van der Waals surface area contributed by atoms with Crippen LogP contribution < -0.4 is 4.90 Å². The molecule has 0 aliphatic carbocycles. The van der Waals surface area contributed by atoms with E-state index in [2.05, 4.69) is 21.9 Å². The molecule has 140 valence electrons. The number of nitrogens with zero attached hydrogens (tertiary/aromatic N) is 4. The van der Waals surface area contributed by atoms with Gasteiger partial charge in [-0.2, -0.15) is 0 Å². The van der Waals surface area contributed by atoms with Crippen LogP contribution in [0.2, 0.25) is 0 Å². The van der Waals surface area contributed by atoms with E-state index in [1.54, 1.807) is 16.6 Å². The van der Waals surface area contributed by atoms with Crippen molar-refractivity contribution in [2.75, 3.05) is 25.1 Å². The van der Waals surface area contributed by atoms with Crippen molar-refractivity contribution in [1.82, 2.24) is 14.6 Å². The number of aromatic nitrogens is 3. The number of ether oxygens (including phenoxy) is 1. The fourth-order valence-electron chi connectivity index (χ4n) is 3.76. The molecule has 0 amide bonds. The van der Waals surface area contributed by atoms with Gasteiger partial charge >= 0.3 is 5.97 Å². The molecule has 0 spiro atoms. The van der Waals surface area contributed by atoms with E-state index < -0.39 is 5.97 Å². The van der Waals surface area contributed by atoms with Gasteiger partial charge < -0.3 is 9.64 Å². The highest BCUT2D eigenvalue weighted by Gasteiger charge is 2.36. The smallest absolute Gasteiger partial charge is 0.377 e. The van der Waals surface area contributed by atoms with Gasteiger partial charge in [-0.3, -0.25) is 0 Å². The lowest BCUT2D eigenvalue weighted by Gasteiger charge is -2.26. The number of halogens is 1. The van der Waals surface area contributed by atoms with Gasteiger partial charge in [-0.25, -0.2) is 18.7 Å². The Kier molecular flexibility index (Phi) is 4.09. The van der Waals surface area contributed by atoms with Gasteiger partial charge in [0.05, 0.1) is 19.0 Å². The average molecular weight is 368 g/mol. The minimum absolute atomic E-state index is 0.0452. The molecule has 6 nitrogen and oxygen atoms in total. The predicted octanol–water partition coefficient (Wildman–Crippen LogP) is 3.13. The zero-order valence-corrected chi connectivity index (χ0v) is 15.6. The molecule has 2 aromatic heterocycles. The van der Waals surface area contributed by atoms with E-state index in [-0.39, 0.29) is 17.1 Å². The first-order chi connectivity index (χ1) is 12.9. The summed E-state index contributed by atoms with van der Waals surface area (Å²) in [5.41, 5.74) is 3.45. The Bertz CT molecular complexity index is 1030. The van der Waals surface area contributed by atoms with E-state index in [0.717, 1.165) is 36.3 Å². The van der Waals surface area contributed by atoms with Gasteiger partial charge in [-0.1, -0.05) is 19.1 Å². The van der Waals surface area contributed by atoms with Gasteiger partial charge in [0, 0.05) is 18.5 Å². The normalized spacial score (nSPS) is 19.6. The molecule has 0 N–H and O–H groups in total. The van der Waals surface area contributed by atoms with Crippen LogP contribution in [0.5, 0.6) is 0 Å². The molecule has 1 aliphatic rings. The lowest BCUT2D eigenvalue weighted by Crippen LogP contribution is -2.28. The molecule has 27 heavy (non-hydrogen) atoms. The van der Waals surface area contributed by atoms with Crippen LogP contribution in [0.15, 0.2) is 36.5 Å². The van der Waals surface area contributed by atoms with Gasteiger partial charge in [-0.05, 0) is 42.7 Å². The summed E-state index contributed by atoms with van der Waals surface area (Å²) in [6, 6.07) is 8.89. The highest BCUT2D eigenvalue weighted by atomic mass is 19.1. The first-order valence-electron chi connectivity index (χ1n) is 8.86. The maximum absolute atomic E-state index is 13.7. The summed E-state index contributed by atoms with van der Waals surface area (Å²) in [6.07, 6.45) is 2.80. The zero-order valence-electron chi connectivity index (χ0n) is 15.6. The van der Waals surface area contributed by atoms with Gasteiger partial charge in [0.15, 0.2) is 5.65 Å².